The smallest absolute Gasteiger partial charge is 0.343 e. The van der Waals surface area contributed by atoms with Gasteiger partial charge >= 0.3 is 5.97 Å². The highest BCUT2D eigenvalue weighted by Gasteiger charge is 2.10. The number of benzene rings is 3. The first-order valence-corrected chi connectivity index (χ1v) is 7.80. The second kappa shape index (κ2) is 7.45. The molecule has 0 amide bonds. The standard InChI is InChI=1S/C21H16O4/c22-18-10-8-16(9-11-18)20(23)14-15-6-12-19(13-7-15)25-21(24)17-4-2-1-3-5-17/h1-13,22H,14H2. The summed E-state index contributed by atoms with van der Waals surface area (Å²) in [5, 5.41) is 9.26. The summed E-state index contributed by atoms with van der Waals surface area (Å²) in [6.45, 7) is 0. The summed E-state index contributed by atoms with van der Waals surface area (Å²) < 4.78 is 5.31. The molecule has 0 spiro atoms. The summed E-state index contributed by atoms with van der Waals surface area (Å²) in [7, 11) is 0. The Bertz CT molecular complexity index is 866. The number of Topliss-reactive ketones (excluding diaryl/α,β-unsaturated/α-hetero) is 1. The van der Waals surface area contributed by atoms with Crippen LogP contribution in [0.2, 0.25) is 0 Å². The third kappa shape index (κ3) is 4.32. The molecule has 4 heteroatoms. The molecule has 0 atom stereocenters. The maximum Gasteiger partial charge on any atom is 0.343 e. The number of carbonyl (C=O) groups excluding carboxylic acids is 2. The van der Waals surface area contributed by atoms with Gasteiger partial charge in [0.05, 0.1) is 5.56 Å². The number of phenolic OH excluding ortho intramolecular Hbond substituents is 1. The van der Waals surface area contributed by atoms with Crippen molar-refractivity contribution in [2.45, 2.75) is 6.42 Å². The van der Waals surface area contributed by atoms with Crippen LogP contribution in [0.4, 0.5) is 0 Å². The zero-order valence-corrected chi connectivity index (χ0v) is 13.4. The van der Waals surface area contributed by atoms with Crippen LogP contribution in [-0.4, -0.2) is 16.9 Å². The maximum absolute atomic E-state index is 12.2. The van der Waals surface area contributed by atoms with Gasteiger partial charge in [-0.05, 0) is 54.1 Å². The average Bonchev–Trinajstić information content (AvgIpc) is 2.64. The number of hydrogen-bond donors (Lipinski definition) is 1. The van der Waals surface area contributed by atoms with Gasteiger partial charge in [0, 0.05) is 12.0 Å². The fourth-order valence-electron chi connectivity index (χ4n) is 2.35. The highest BCUT2D eigenvalue weighted by atomic mass is 16.5. The van der Waals surface area contributed by atoms with Gasteiger partial charge in [0.15, 0.2) is 5.78 Å². The topological polar surface area (TPSA) is 63.6 Å². The minimum atomic E-state index is -0.423. The van der Waals surface area contributed by atoms with Crippen LogP contribution in [0.25, 0.3) is 0 Å². The van der Waals surface area contributed by atoms with Gasteiger partial charge < -0.3 is 9.84 Å². The van der Waals surface area contributed by atoms with E-state index in [1.807, 2.05) is 6.07 Å². The van der Waals surface area contributed by atoms with E-state index in [2.05, 4.69) is 0 Å². The summed E-state index contributed by atoms with van der Waals surface area (Å²) in [6, 6.07) is 21.7. The summed E-state index contributed by atoms with van der Waals surface area (Å²) in [4.78, 5) is 24.2. The minimum absolute atomic E-state index is 0.0472. The van der Waals surface area contributed by atoms with Crippen LogP contribution in [0, 0.1) is 0 Å². The molecular weight excluding hydrogens is 316 g/mol. The van der Waals surface area contributed by atoms with Gasteiger partial charge in [-0.15, -0.1) is 0 Å². The van der Waals surface area contributed by atoms with Crippen molar-refractivity contribution in [2.75, 3.05) is 0 Å². The summed E-state index contributed by atoms with van der Waals surface area (Å²) >= 11 is 0. The summed E-state index contributed by atoms with van der Waals surface area (Å²) in [6.07, 6.45) is 0.234. The molecule has 3 rings (SSSR count). The first kappa shape index (κ1) is 16.5. The zero-order valence-electron chi connectivity index (χ0n) is 13.4. The van der Waals surface area contributed by atoms with Gasteiger partial charge in [0.1, 0.15) is 11.5 Å². The summed E-state index contributed by atoms with van der Waals surface area (Å²) in [5.74, 6) is 0.0818. The van der Waals surface area contributed by atoms with Gasteiger partial charge in [-0.2, -0.15) is 0 Å². The average molecular weight is 332 g/mol. The molecule has 0 aliphatic rings. The third-order valence-electron chi connectivity index (χ3n) is 3.70. The second-order valence-corrected chi connectivity index (χ2v) is 5.55. The molecule has 25 heavy (non-hydrogen) atoms. The molecule has 3 aromatic rings. The molecule has 0 heterocycles. The van der Waals surface area contributed by atoms with Crippen molar-refractivity contribution in [3.8, 4) is 11.5 Å². The van der Waals surface area contributed by atoms with Crippen molar-refractivity contribution in [3.63, 3.8) is 0 Å². The van der Waals surface area contributed by atoms with E-state index >= 15 is 0 Å². The zero-order chi connectivity index (χ0) is 17.6. The van der Waals surface area contributed by atoms with E-state index in [0.717, 1.165) is 5.56 Å². The lowest BCUT2D eigenvalue weighted by molar-refractivity contribution is 0.0734. The highest BCUT2D eigenvalue weighted by Crippen LogP contribution is 2.17. The number of phenols is 1. The van der Waals surface area contributed by atoms with Gasteiger partial charge in [-0.25, -0.2) is 4.79 Å². The largest absolute Gasteiger partial charge is 0.508 e. The number of esters is 1. The first-order chi connectivity index (χ1) is 12.1. The molecule has 0 unspecified atom stereocenters. The lowest BCUT2D eigenvalue weighted by atomic mass is 10.0. The lowest BCUT2D eigenvalue weighted by Gasteiger charge is -2.06. The Morgan fingerprint density at radius 2 is 1.40 bits per heavy atom. The number of hydrogen-bond acceptors (Lipinski definition) is 4. The Balaban J connectivity index is 1.63. The Morgan fingerprint density at radius 1 is 0.760 bits per heavy atom. The fraction of sp³-hybridized carbons (Fsp3) is 0.0476. The van der Waals surface area contributed by atoms with Gasteiger partial charge in [0.2, 0.25) is 0 Å². The molecule has 0 aliphatic heterocycles. The van der Waals surface area contributed by atoms with E-state index in [9.17, 15) is 14.7 Å². The van der Waals surface area contributed by atoms with Gasteiger partial charge in [-0.1, -0.05) is 30.3 Å². The number of aromatic hydroxyl groups is 1. The molecule has 0 aliphatic carbocycles. The van der Waals surface area contributed by atoms with Crippen LogP contribution in [0.15, 0.2) is 78.9 Å². The monoisotopic (exact) mass is 332 g/mol. The van der Waals surface area contributed by atoms with Crippen molar-refractivity contribution in [3.05, 3.63) is 95.6 Å². The minimum Gasteiger partial charge on any atom is -0.508 e. The molecule has 0 saturated heterocycles. The number of rotatable bonds is 5. The van der Waals surface area contributed by atoms with Crippen LogP contribution in [0.1, 0.15) is 26.3 Å². The van der Waals surface area contributed by atoms with Crippen LogP contribution in [-0.2, 0) is 6.42 Å². The van der Waals surface area contributed by atoms with E-state index in [4.69, 9.17) is 4.74 Å². The van der Waals surface area contributed by atoms with E-state index in [1.165, 1.54) is 12.1 Å². The Morgan fingerprint density at radius 3 is 2.04 bits per heavy atom. The van der Waals surface area contributed by atoms with Crippen LogP contribution in [0.5, 0.6) is 11.5 Å². The maximum atomic E-state index is 12.2. The molecule has 0 aromatic heterocycles. The molecule has 3 aromatic carbocycles. The molecule has 0 fully saturated rings. The molecule has 1 N–H and O–H groups in total. The van der Waals surface area contributed by atoms with Gasteiger partial charge in [0.25, 0.3) is 0 Å². The van der Waals surface area contributed by atoms with Crippen molar-refractivity contribution >= 4 is 11.8 Å². The highest BCUT2D eigenvalue weighted by molar-refractivity contribution is 5.97. The SMILES string of the molecule is O=C(Cc1ccc(OC(=O)c2ccccc2)cc1)c1ccc(O)cc1. The molecule has 0 bridgehead atoms. The number of carbonyl (C=O) groups is 2. The molecule has 0 saturated carbocycles. The van der Waals surface area contributed by atoms with Crippen molar-refractivity contribution in [2.24, 2.45) is 0 Å². The number of ether oxygens (including phenoxy) is 1. The Hall–Kier alpha value is -3.40. The first-order valence-electron chi connectivity index (χ1n) is 7.80. The van der Waals surface area contributed by atoms with Gasteiger partial charge in [-0.3, -0.25) is 4.79 Å². The normalized spacial score (nSPS) is 10.2. The van der Waals surface area contributed by atoms with Crippen LogP contribution >= 0.6 is 0 Å². The van der Waals surface area contributed by atoms with E-state index in [0.29, 0.717) is 16.9 Å². The molecule has 0 radical (unpaired) electrons. The number of ketones is 1. The van der Waals surface area contributed by atoms with Crippen LogP contribution < -0.4 is 4.74 Å². The lowest BCUT2D eigenvalue weighted by Crippen LogP contribution is -2.08. The third-order valence-corrected chi connectivity index (χ3v) is 3.70. The fourth-order valence-corrected chi connectivity index (χ4v) is 2.35. The van der Waals surface area contributed by atoms with Crippen molar-refractivity contribution in [1.29, 1.82) is 0 Å². The Labute approximate surface area is 145 Å². The van der Waals surface area contributed by atoms with Crippen molar-refractivity contribution in [1.82, 2.24) is 0 Å². The van der Waals surface area contributed by atoms with E-state index in [-0.39, 0.29) is 18.0 Å². The van der Waals surface area contributed by atoms with Crippen LogP contribution in [0.3, 0.4) is 0 Å². The molecule has 4 nitrogen and oxygen atoms in total. The van der Waals surface area contributed by atoms with E-state index < -0.39 is 5.97 Å². The predicted octanol–water partition coefficient (Wildman–Crippen LogP) is 4.04. The second-order valence-electron chi connectivity index (χ2n) is 5.55. The summed E-state index contributed by atoms with van der Waals surface area (Å²) in [5.41, 5.74) is 1.84. The molecular formula is C21H16O4. The quantitative estimate of drug-likeness (QED) is 0.435. The van der Waals surface area contributed by atoms with Crippen molar-refractivity contribution < 1.29 is 19.4 Å². The Kier molecular flexibility index (Phi) is 4.90. The van der Waals surface area contributed by atoms with E-state index in [1.54, 1.807) is 60.7 Å². The predicted molar refractivity (Wildman–Crippen MR) is 94.0 cm³/mol. The molecule has 124 valence electrons.